The predicted octanol–water partition coefficient (Wildman–Crippen LogP) is 1.44. The maximum Gasteiger partial charge on any atom is 0.420 e. The molecule has 2 fully saturated rings. The van der Waals surface area contributed by atoms with Gasteiger partial charge in [0.25, 0.3) is 5.91 Å². The first-order valence-corrected chi connectivity index (χ1v) is 6.59. The molecule has 0 bridgehead atoms. The number of nitrogens with one attached hydrogen (secondary N) is 3. The Kier molecular flexibility index (Phi) is 3.00. The number of halogens is 3. The van der Waals surface area contributed by atoms with Crippen LogP contribution < -0.4 is 10.6 Å². The molecule has 1 atom stereocenters. The average molecular weight is 288 g/mol. The second-order valence-corrected chi connectivity index (χ2v) is 5.41. The second-order valence-electron chi connectivity index (χ2n) is 5.41. The Morgan fingerprint density at radius 2 is 2.20 bits per heavy atom. The van der Waals surface area contributed by atoms with E-state index in [-0.39, 0.29) is 11.6 Å². The number of carbonyl (C=O) groups is 1. The maximum absolute atomic E-state index is 12.7. The molecule has 8 heteroatoms. The zero-order chi connectivity index (χ0) is 14.4. The molecule has 5 nitrogen and oxygen atoms in total. The van der Waals surface area contributed by atoms with E-state index in [0.29, 0.717) is 6.20 Å². The van der Waals surface area contributed by atoms with E-state index in [1.807, 2.05) is 0 Å². The molecule has 1 aromatic rings. The number of alkyl halides is 3. The minimum absolute atomic E-state index is 0.117. The van der Waals surface area contributed by atoms with Crippen LogP contribution in [0.3, 0.4) is 0 Å². The molecule has 1 amide bonds. The summed E-state index contributed by atoms with van der Waals surface area (Å²) < 4.78 is 38.2. The number of nitrogens with zero attached hydrogens (tertiary/aromatic N) is 1. The van der Waals surface area contributed by atoms with Gasteiger partial charge in [-0.15, -0.1) is 0 Å². The van der Waals surface area contributed by atoms with Crippen molar-refractivity contribution >= 4 is 5.91 Å². The number of H-pyrrole nitrogens is 1. The number of aromatic amines is 1. The first-order valence-electron chi connectivity index (χ1n) is 6.59. The van der Waals surface area contributed by atoms with Gasteiger partial charge in [-0.1, -0.05) is 0 Å². The van der Waals surface area contributed by atoms with Crippen LogP contribution in [-0.4, -0.2) is 34.2 Å². The maximum atomic E-state index is 12.7. The van der Waals surface area contributed by atoms with Crippen LogP contribution >= 0.6 is 0 Å². The number of aromatic nitrogens is 2. The van der Waals surface area contributed by atoms with Crippen molar-refractivity contribution in [2.45, 2.75) is 43.4 Å². The fourth-order valence-electron chi connectivity index (χ4n) is 3.06. The number of rotatable bonds is 2. The van der Waals surface area contributed by atoms with Crippen molar-refractivity contribution in [3.8, 4) is 0 Å². The number of hydrogen-bond acceptors (Lipinski definition) is 3. The molecule has 20 heavy (non-hydrogen) atoms. The van der Waals surface area contributed by atoms with E-state index >= 15 is 0 Å². The van der Waals surface area contributed by atoms with Crippen LogP contribution in [0.4, 0.5) is 13.2 Å². The molecule has 3 N–H and O–H groups in total. The molecule has 1 unspecified atom stereocenters. The fourth-order valence-corrected chi connectivity index (χ4v) is 3.06. The van der Waals surface area contributed by atoms with Crippen LogP contribution in [0, 0.1) is 0 Å². The molecular weight excluding hydrogens is 273 g/mol. The van der Waals surface area contributed by atoms with Crippen molar-refractivity contribution in [2.24, 2.45) is 0 Å². The summed E-state index contributed by atoms with van der Waals surface area (Å²) in [5.74, 6) is -0.741. The van der Waals surface area contributed by atoms with E-state index in [1.54, 1.807) is 0 Å². The highest BCUT2D eigenvalue weighted by Gasteiger charge is 2.48. The van der Waals surface area contributed by atoms with Crippen molar-refractivity contribution in [1.29, 1.82) is 0 Å². The Labute approximate surface area is 113 Å². The summed E-state index contributed by atoms with van der Waals surface area (Å²) in [6.07, 6.45) is -0.221. The van der Waals surface area contributed by atoms with Gasteiger partial charge in [0, 0.05) is 11.6 Å². The summed E-state index contributed by atoms with van der Waals surface area (Å²) in [5, 5.41) is 11.5. The zero-order valence-corrected chi connectivity index (χ0v) is 10.7. The van der Waals surface area contributed by atoms with Gasteiger partial charge in [-0.25, -0.2) is 0 Å². The van der Waals surface area contributed by atoms with E-state index in [4.69, 9.17) is 0 Å². The molecule has 3 rings (SSSR count). The van der Waals surface area contributed by atoms with Gasteiger partial charge < -0.3 is 10.6 Å². The molecular formula is C12H15F3N4O. The van der Waals surface area contributed by atoms with Gasteiger partial charge in [-0.2, -0.15) is 18.3 Å². The lowest BCUT2D eigenvalue weighted by molar-refractivity contribution is -0.137. The predicted molar refractivity (Wildman–Crippen MR) is 64.0 cm³/mol. The Morgan fingerprint density at radius 1 is 1.45 bits per heavy atom. The second kappa shape index (κ2) is 4.47. The van der Waals surface area contributed by atoms with E-state index in [9.17, 15) is 18.0 Å². The molecule has 2 aliphatic rings. The van der Waals surface area contributed by atoms with Gasteiger partial charge in [0.2, 0.25) is 0 Å². The molecule has 1 aliphatic heterocycles. The SMILES string of the molecule is O=C(NC1CCNC12CCC2)c1[nH]ncc1C(F)(F)F. The van der Waals surface area contributed by atoms with E-state index in [1.165, 1.54) is 0 Å². The number of amides is 1. The van der Waals surface area contributed by atoms with Gasteiger partial charge in [-0.3, -0.25) is 9.89 Å². The van der Waals surface area contributed by atoms with Crippen molar-refractivity contribution in [1.82, 2.24) is 20.8 Å². The third kappa shape index (κ3) is 2.07. The molecule has 1 aliphatic carbocycles. The lowest BCUT2D eigenvalue weighted by Crippen LogP contribution is -2.59. The third-order valence-corrected chi connectivity index (χ3v) is 4.30. The highest BCUT2D eigenvalue weighted by Crippen LogP contribution is 2.39. The minimum atomic E-state index is -4.58. The third-order valence-electron chi connectivity index (χ3n) is 4.30. The van der Waals surface area contributed by atoms with Crippen LogP contribution in [0.1, 0.15) is 41.7 Å². The first kappa shape index (κ1) is 13.4. The molecule has 1 saturated carbocycles. The summed E-state index contributed by atoms with van der Waals surface area (Å²) in [6.45, 7) is 0.778. The number of carbonyl (C=O) groups excluding carboxylic acids is 1. The highest BCUT2D eigenvalue weighted by atomic mass is 19.4. The first-order chi connectivity index (χ1) is 9.42. The minimum Gasteiger partial charge on any atom is -0.346 e. The summed E-state index contributed by atoms with van der Waals surface area (Å²) in [6, 6.07) is -0.117. The fraction of sp³-hybridized carbons (Fsp3) is 0.667. The van der Waals surface area contributed by atoms with Crippen LogP contribution in [0.25, 0.3) is 0 Å². The van der Waals surface area contributed by atoms with Crippen molar-refractivity contribution < 1.29 is 18.0 Å². The van der Waals surface area contributed by atoms with E-state index in [2.05, 4.69) is 20.8 Å². The van der Waals surface area contributed by atoms with Crippen LogP contribution in [0.15, 0.2) is 6.20 Å². The van der Waals surface area contributed by atoms with Crippen LogP contribution in [0.5, 0.6) is 0 Å². The van der Waals surface area contributed by atoms with Crippen LogP contribution in [0.2, 0.25) is 0 Å². The summed E-state index contributed by atoms with van der Waals surface area (Å²) in [7, 11) is 0. The number of hydrogen-bond donors (Lipinski definition) is 3. The van der Waals surface area contributed by atoms with Crippen molar-refractivity contribution in [2.75, 3.05) is 6.54 Å². The lowest BCUT2D eigenvalue weighted by Gasteiger charge is -2.43. The summed E-state index contributed by atoms with van der Waals surface area (Å²) >= 11 is 0. The zero-order valence-electron chi connectivity index (χ0n) is 10.7. The lowest BCUT2D eigenvalue weighted by atomic mass is 9.73. The van der Waals surface area contributed by atoms with Gasteiger partial charge in [0.05, 0.1) is 6.20 Å². The average Bonchev–Trinajstić information content (AvgIpc) is 2.92. The summed E-state index contributed by atoms with van der Waals surface area (Å²) in [5.41, 5.74) is -1.66. The van der Waals surface area contributed by atoms with E-state index in [0.717, 1.165) is 32.2 Å². The molecule has 0 radical (unpaired) electrons. The Balaban J connectivity index is 1.76. The molecule has 1 aromatic heterocycles. The molecule has 1 saturated heterocycles. The highest BCUT2D eigenvalue weighted by molar-refractivity contribution is 5.94. The van der Waals surface area contributed by atoms with Gasteiger partial charge >= 0.3 is 6.18 Å². The molecule has 110 valence electrons. The Bertz CT molecular complexity index is 521. The molecule has 1 spiro atoms. The van der Waals surface area contributed by atoms with Gasteiger partial charge in [0.1, 0.15) is 11.3 Å². The van der Waals surface area contributed by atoms with Gasteiger partial charge in [-0.05, 0) is 32.2 Å². The molecule has 2 heterocycles. The summed E-state index contributed by atoms with van der Waals surface area (Å²) in [4.78, 5) is 12.0. The largest absolute Gasteiger partial charge is 0.420 e. The van der Waals surface area contributed by atoms with Crippen molar-refractivity contribution in [3.63, 3.8) is 0 Å². The van der Waals surface area contributed by atoms with E-state index < -0.39 is 23.3 Å². The standard InChI is InChI=1S/C12H15F3N4O/c13-12(14,15)7-6-17-19-9(7)10(20)18-8-2-5-16-11(8)3-1-4-11/h6,8,16H,1-5H2,(H,17,19)(H,18,20). The Hall–Kier alpha value is -1.57. The Morgan fingerprint density at radius 3 is 2.80 bits per heavy atom. The normalized spacial score (nSPS) is 24.6. The van der Waals surface area contributed by atoms with Crippen LogP contribution in [-0.2, 0) is 6.18 Å². The molecule has 0 aromatic carbocycles. The monoisotopic (exact) mass is 288 g/mol. The smallest absolute Gasteiger partial charge is 0.346 e. The van der Waals surface area contributed by atoms with Crippen molar-refractivity contribution in [3.05, 3.63) is 17.5 Å². The topological polar surface area (TPSA) is 69.8 Å². The van der Waals surface area contributed by atoms with Gasteiger partial charge in [0.15, 0.2) is 0 Å². The quantitative estimate of drug-likeness (QED) is 0.771.